The minimum absolute atomic E-state index is 0. The van der Waals surface area contributed by atoms with Crippen molar-refractivity contribution in [2.75, 3.05) is 68.2 Å². The molecule has 6 aromatic rings. The molecule has 5 amide bonds. The summed E-state index contributed by atoms with van der Waals surface area (Å²) in [5.41, 5.74) is 6.05. The Morgan fingerprint density at radius 1 is 0.495 bits per heavy atom. The Morgan fingerprint density at radius 3 is 1.11 bits per heavy atom. The number of rotatable bonds is 14. The third-order valence-electron chi connectivity index (χ3n) is 18.9. The van der Waals surface area contributed by atoms with E-state index in [4.69, 9.17) is 33.7 Å². The van der Waals surface area contributed by atoms with Crippen molar-refractivity contribution in [1.29, 1.82) is 0 Å². The molecule has 12 rings (SSSR count). The number of carbonyl (C=O) groups excluding carboxylic acids is 5. The molecule has 0 bridgehead atoms. The minimum atomic E-state index is -0.854. The fourth-order valence-corrected chi connectivity index (χ4v) is 13.4. The molecule has 3 aromatic heterocycles. The fourth-order valence-electron chi connectivity index (χ4n) is 13.4. The van der Waals surface area contributed by atoms with E-state index in [0.717, 1.165) is 79.4 Å². The summed E-state index contributed by atoms with van der Waals surface area (Å²) in [5, 5.41) is 36.9. The van der Waals surface area contributed by atoms with E-state index in [9.17, 15) is 29.2 Å². The monoisotopic (exact) mass is 1690 g/mol. The summed E-state index contributed by atoms with van der Waals surface area (Å²) >= 11 is 0. The van der Waals surface area contributed by atoms with E-state index < -0.39 is 28.0 Å². The number of oxime groups is 6. The molecule has 0 radical (unpaired) electrons. The van der Waals surface area contributed by atoms with Crippen LogP contribution in [0.25, 0.3) is 0 Å². The number of hydrogen-bond acceptors (Lipinski definition) is 23. The number of carbonyl (C=O) groups is 5. The molecular formula is C82H104N15O13W-. The van der Waals surface area contributed by atoms with E-state index in [1.807, 2.05) is 168 Å². The largest absolute Gasteiger partial charge is 0.444 e. The van der Waals surface area contributed by atoms with Gasteiger partial charge in [0.15, 0.2) is 33.9 Å². The van der Waals surface area contributed by atoms with Gasteiger partial charge in [0.2, 0.25) is 0 Å². The Bertz CT molecular complexity index is 4480. The normalized spacial score (nSPS) is 19.9. The van der Waals surface area contributed by atoms with Crippen LogP contribution in [0.5, 0.6) is 0 Å². The van der Waals surface area contributed by atoms with Crippen LogP contribution < -0.4 is 20.0 Å². The number of nitrogens with one attached hydrogen (secondary N) is 1. The molecule has 592 valence electrons. The molecule has 0 aliphatic carbocycles. The van der Waals surface area contributed by atoms with Gasteiger partial charge in [0.25, 0.3) is 17.7 Å². The molecule has 3 fully saturated rings. The second-order valence-electron chi connectivity index (χ2n) is 31.0. The van der Waals surface area contributed by atoms with Crippen LogP contribution in [0, 0.1) is 28.2 Å². The predicted molar refractivity (Wildman–Crippen MR) is 424 cm³/mol. The SMILES string of the molecule is CO/N=C1/C(c2ccc(C(=O)N(c3ncccc3C)[C@@H]3CCCN(C(=O)OC(C)(C)C)C3)cc2)=NOC1(C)C.CO/N=C1/C(c2ccc(C(=O)N(c3ncccc3C)[C@@H]3CCCNC3)cc2)=NOC1(C)C.Cc1cccnc1N(C(=O)c1ccc(C2=NOC(C)(C)/C2=N\O)cc1)[C@@H]1CCCN(C(=O)OC(C)(C)C)C1.[CH3-].[W]. The predicted octanol–water partition coefficient (Wildman–Crippen LogP) is 13.5. The Hall–Kier alpha value is -10.5. The van der Waals surface area contributed by atoms with Crippen LogP contribution in [0.2, 0.25) is 0 Å². The molecule has 0 spiro atoms. The number of anilines is 3. The van der Waals surface area contributed by atoms with Gasteiger partial charge in [0, 0.05) is 106 Å². The Morgan fingerprint density at radius 2 is 0.811 bits per heavy atom. The summed E-state index contributed by atoms with van der Waals surface area (Å²) in [4.78, 5) is 116. The van der Waals surface area contributed by atoms with Crippen LogP contribution >= 0.6 is 0 Å². The van der Waals surface area contributed by atoms with Crippen molar-refractivity contribution in [2.45, 2.75) is 189 Å². The van der Waals surface area contributed by atoms with Crippen molar-refractivity contribution in [3.63, 3.8) is 0 Å². The number of piperidine rings is 3. The molecule has 6 aliphatic rings. The molecule has 29 heteroatoms. The average Bonchev–Trinajstić information content (AvgIpc) is 1.64. The second-order valence-corrected chi connectivity index (χ2v) is 31.0. The molecule has 3 saturated heterocycles. The molecule has 28 nitrogen and oxygen atoms in total. The van der Waals surface area contributed by atoms with Gasteiger partial charge in [-0.05, 0) is 220 Å². The van der Waals surface area contributed by atoms with Crippen LogP contribution in [-0.2, 0) is 54.7 Å². The number of hydrogen-bond donors (Lipinski definition) is 2. The van der Waals surface area contributed by atoms with E-state index in [-0.39, 0.29) is 76.5 Å². The number of likely N-dealkylation sites (tertiary alicyclic amines) is 2. The van der Waals surface area contributed by atoms with Gasteiger partial charge in [-0.15, -0.1) is 0 Å². The standard InChI is InChI=1S/C29H37N5O5.C28H35N5O5.C24H29N5O3.CH3.W/c1-19-10-8-16-30-25(19)34(22-11-9-17-33(18-22)27(36)38-28(2,3)4)26(35)21-14-12-20(13-15-21)23-24(32-37-7)29(5,6)39-31-23;1-18-9-7-15-29-24(18)33(21-10-8-16-32(17-21)26(35)37-27(2,3)4)25(34)20-13-11-19(12-14-20)22-23(30-36)28(5,6)38-31-22;1-16-7-5-14-26-22(16)29(19-8-6-13-25-15-19)23(30)18-11-9-17(10-12-18)20-21(28-31-4)24(2,3)32-27-20;;/h8,10,12-16,22H,9,11,17-18H2,1-7H3;7,9,11-15,21,36H,8,10,16-17H2,1-6H3;5,7,9-12,14,19,25H,6,8,13,15H2,1-4H3;1H3;/q;;;-1;/b32-24-;30-23-;28-21-;;/t22-;21-;19-;;/m111../s1. The summed E-state index contributed by atoms with van der Waals surface area (Å²) in [6.07, 6.45) is 9.21. The number of nitrogens with zero attached hydrogens (tertiary/aromatic N) is 14. The fraction of sp³-hybridized carbons (Fsp3) is 0.451. The van der Waals surface area contributed by atoms with Gasteiger partial charge >= 0.3 is 12.2 Å². The van der Waals surface area contributed by atoms with Crippen molar-refractivity contribution >= 4 is 81.6 Å². The third kappa shape index (κ3) is 20.6. The molecule has 3 aromatic carbocycles. The van der Waals surface area contributed by atoms with E-state index in [0.29, 0.717) is 100 Å². The summed E-state index contributed by atoms with van der Waals surface area (Å²) in [7, 11) is 2.97. The quantitative estimate of drug-likeness (QED) is 0.0581. The molecule has 6 aliphatic heterocycles. The topological polar surface area (TPSA) is 311 Å². The van der Waals surface area contributed by atoms with Crippen LogP contribution in [-0.4, -0.2) is 194 Å². The van der Waals surface area contributed by atoms with Crippen LogP contribution in [0.4, 0.5) is 27.0 Å². The van der Waals surface area contributed by atoms with Gasteiger partial charge in [-0.1, -0.05) is 85.5 Å². The summed E-state index contributed by atoms with van der Waals surface area (Å²) < 4.78 is 11.2. The smallest absolute Gasteiger partial charge is 0.410 e. The first kappa shape index (κ1) is 86.1. The number of ether oxygens (including phenoxy) is 2. The van der Waals surface area contributed by atoms with Gasteiger partial charge in [0.1, 0.15) is 60.0 Å². The molecule has 2 N–H and O–H groups in total. The molecule has 0 saturated carbocycles. The summed E-state index contributed by atoms with van der Waals surface area (Å²) in [6.45, 7) is 31.4. The summed E-state index contributed by atoms with van der Waals surface area (Å²) in [5.74, 6) is 1.35. The van der Waals surface area contributed by atoms with Gasteiger partial charge in [-0.2, -0.15) is 0 Å². The third-order valence-corrected chi connectivity index (χ3v) is 18.9. The van der Waals surface area contributed by atoms with Crippen LogP contribution in [0.15, 0.2) is 159 Å². The van der Waals surface area contributed by atoms with E-state index in [1.54, 1.807) is 88.4 Å². The van der Waals surface area contributed by atoms with Crippen molar-refractivity contribution in [2.24, 2.45) is 30.9 Å². The number of benzene rings is 3. The number of aromatic nitrogens is 3. The molecule has 0 unspecified atom stereocenters. The Labute approximate surface area is 664 Å². The zero-order chi connectivity index (χ0) is 78.8. The first-order valence-corrected chi connectivity index (χ1v) is 36.7. The van der Waals surface area contributed by atoms with Crippen molar-refractivity contribution < 1.29 is 83.9 Å². The molecular weight excluding hydrogens is 1590 g/mol. The summed E-state index contributed by atoms with van der Waals surface area (Å²) in [6, 6.07) is 32.3. The average molecular weight is 1690 g/mol. The maximum absolute atomic E-state index is 14.1. The van der Waals surface area contributed by atoms with E-state index in [1.165, 1.54) is 14.2 Å². The van der Waals surface area contributed by atoms with Crippen LogP contribution in [0.1, 0.15) is 186 Å². The van der Waals surface area contributed by atoms with Crippen molar-refractivity contribution in [1.82, 2.24) is 30.1 Å². The van der Waals surface area contributed by atoms with E-state index >= 15 is 0 Å². The molecule has 9 heterocycles. The first-order valence-electron chi connectivity index (χ1n) is 36.7. The van der Waals surface area contributed by atoms with Gasteiger partial charge in [-0.3, -0.25) is 29.1 Å². The van der Waals surface area contributed by atoms with Crippen LogP contribution in [0.3, 0.4) is 0 Å². The molecule has 111 heavy (non-hydrogen) atoms. The second kappa shape index (κ2) is 36.6. The minimum Gasteiger partial charge on any atom is -0.444 e. The Balaban J connectivity index is 0.000000208. The maximum atomic E-state index is 14.1. The van der Waals surface area contributed by atoms with Crippen molar-refractivity contribution in [3.05, 3.63) is 185 Å². The molecule has 3 atom stereocenters. The zero-order valence-electron chi connectivity index (χ0n) is 66.9. The number of aryl methyl sites for hydroxylation is 3. The van der Waals surface area contributed by atoms with Gasteiger partial charge in [0.05, 0.1) is 18.1 Å². The van der Waals surface area contributed by atoms with Gasteiger partial charge < -0.3 is 61.4 Å². The Kier molecular flexibility index (Phi) is 28.4. The number of amides is 5. The van der Waals surface area contributed by atoms with Gasteiger partial charge in [-0.25, -0.2) is 24.5 Å². The number of pyridine rings is 3. The van der Waals surface area contributed by atoms with E-state index in [2.05, 4.69) is 51.2 Å². The first-order chi connectivity index (χ1) is 51.7. The maximum Gasteiger partial charge on any atom is 0.410 e. The zero-order valence-corrected chi connectivity index (χ0v) is 69.8. The van der Waals surface area contributed by atoms with Crippen molar-refractivity contribution in [3.8, 4) is 0 Å².